The molecule has 0 aliphatic heterocycles. The fourth-order valence-electron chi connectivity index (χ4n) is 2.35. The molecule has 3 heteroatoms. The molecule has 1 rings (SSSR count). The van der Waals surface area contributed by atoms with E-state index in [0.717, 1.165) is 18.0 Å². The molecule has 0 aliphatic rings. The lowest BCUT2D eigenvalue weighted by Gasteiger charge is -2.19. The molecule has 1 atom stereocenters. The second kappa shape index (κ2) is 9.63. The lowest BCUT2D eigenvalue weighted by Crippen LogP contribution is -2.21. The lowest BCUT2D eigenvalue weighted by molar-refractivity contribution is 0.479. The molecule has 0 aliphatic carbocycles. The Balaban J connectivity index is 2.55. The summed E-state index contributed by atoms with van der Waals surface area (Å²) in [4.78, 5) is 0. The lowest BCUT2D eigenvalue weighted by atomic mass is 9.99. The van der Waals surface area contributed by atoms with Crippen molar-refractivity contribution in [2.24, 2.45) is 0 Å². The summed E-state index contributed by atoms with van der Waals surface area (Å²) in [6.07, 6.45) is 7.66. The van der Waals surface area contributed by atoms with Crippen LogP contribution in [0.5, 0.6) is 0 Å². The van der Waals surface area contributed by atoms with Gasteiger partial charge in [0.1, 0.15) is 0 Å². The molecule has 1 unspecified atom stereocenters. The first-order valence-electron chi connectivity index (χ1n) is 7.37. The number of unbranched alkanes of at least 4 members (excludes halogenated alkanes) is 4. The maximum Gasteiger partial charge on any atom is 0.0468 e. The highest BCUT2D eigenvalue weighted by Gasteiger charge is 2.13. The third-order valence-electron chi connectivity index (χ3n) is 3.38. The quantitative estimate of drug-likeness (QED) is 0.551. The molecule has 0 radical (unpaired) electrons. The summed E-state index contributed by atoms with van der Waals surface area (Å²) in [6.45, 7) is 5.33. The SMILES string of the molecule is CCCCCCCC(NCC)c1ccc(Cl)cc1Cl. The number of benzene rings is 1. The van der Waals surface area contributed by atoms with Crippen LogP contribution < -0.4 is 5.32 Å². The highest BCUT2D eigenvalue weighted by molar-refractivity contribution is 6.35. The topological polar surface area (TPSA) is 12.0 Å². The molecular formula is C16H25Cl2N. The molecule has 0 heterocycles. The van der Waals surface area contributed by atoms with Crippen LogP contribution in [-0.4, -0.2) is 6.54 Å². The zero-order valence-corrected chi connectivity index (χ0v) is 13.5. The van der Waals surface area contributed by atoms with Crippen molar-refractivity contribution in [3.63, 3.8) is 0 Å². The first-order chi connectivity index (χ1) is 9.19. The van der Waals surface area contributed by atoms with Crippen LogP contribution in [0.15, 0.2) is 18.2 Å². The van der Waals surface area contributed by atoms with Gasteiger partial charge in [0.25, 0.3) is 0 Å². The number of halogens is 2. The predicted molar refractivity (Wildman–Crippen MR) is 86.3 cm³/mol. The molecule has 0 bridgehead atoms. The Kier molecular flexibility index (Phi) is 8.52. The van der Waals surface area contributed by atoms with Gasteiger partial charge in [-0.1, -0.05) is 75.2 Å². The summed E-state index contributed by atoms with van der Waals surface area (Å²) in [6, 6.07) is 6.14. The Morgan fingerprint density at radius 3 is 2.42 bits per heavy atom. The fourth-order valence-corrected chi connectivity index (χ4v) is 2.89. The van der Waals surface area contributed by atoms with Gasteiger partial charge in [-0.25, -0.2) is 0 Å². The Morgan fingerprint density at radius 1 is 1.05 bits per heavy atom. The van der Waals surface area contributed by atoms with Gasteiger partial charge in [-0.05, 0) is 30.7 Å². The van der Waals surface area contributed by atoms with Gasteiger partial charge in [0.15, 0.2) is 0 Å². The standard InChI is InChI=1S/C16H25Cl2N/c1-3-5-6-7-8-9-16(19-4-2)14-11-10-13(17)12-15(14)18/h10-12,16,19H,3-9H2,1-2H3. The molecule has 1 N–H and O–H groups in total. The van der Waals surface area contributed by atoms with E-state index in [4.69, 9.17) is 23.2 Å². The largest absolute Gasteiger partial charge is 0.310 e. The minimum absolute atomic E-state index is 0.344. The predicted octanol–water partition coefficient (Wildman–Crippen LogP) is 6.00. The van der Waals surface area contributed by atoms with E-state index in [9.17, 15) is 0 Å². The van der Waals surface area contributed by atoms with Crippen molar-refractivity contribution >= 4 is 23.2 Å². The zero-order chi connectivity index (χ0) is 14.1. The molecule has 0 fully saturated rings. The van der Waals surface area contributed by atoms with Crippen LogP contribution in [0.3, 0.4) is 0 Å². The second-order valence-electron chi connectivity index (χ2n) is 4.98. The molecule has 0 saturated carbocycles. The normalized spacial score (nSPS) is 12.6. The molecular weight excluding hydrogens is 277 g/mol. The van der Waals surface area contributed by atoms with E-state index in [2.05, 4.69) is 19.2 Å². The van der Waals surface area contributed by atoms with Gasteiger partial charge < -0.3 is 5.32 Å². The maximum absolute atomic E-state index is 6.30. The molecule has 0 aromatic heterocycles. The summed E-state index contributed by atoms with van der Waals surface area (Å²) in [7, 11) is 0. The average Bonchev–Trinajstić information content (AvgIpc) is 2.38. The Labute approximate surface area is 127 Å². The Morgan fingerprint density at radius 2 is 1.79 bits per heavy atom. The third-order valence-corrected chi connectivity index (χ3v) is 3.95. The number of hydrogen-bond acceptors (Lipinski definition) is 1. The molecule has 1 aromatic carbocycles. The Bertz CT molecular complexity index is 366. The van der Waals surface area contributed by atoms with Crippen molar-refractivity contribution in [3.8, 4) is 0 Å². The van der Waals surface area contributed by atoms with Crippen molar-refractivity contribution in [2.75, 3.05) is 6.54 Å². The minimum Gasteiger partial charge on any atom is -0.310 e. The first kappa shape index (κ1) is 16.8. The van der Waals surface area contributed by atoms with Gasteiger partial charge in [-0.3, -0.25) is 0 Å². The van der Waals surface area contributed by atoms with E-state index < -0.39 is 0 Å². The van der Waals surface area contributed by atoms with Crippen LogP contribution in [-0.2, 0) is 0 Å². The third kappa shape index (κ3) is 6.16. The van der Waals surface area contributed by atoms with Gasteiger partial charge in [-0.2, -0.15) is 0 Å². The fraction of sp³-hybridized carbons (Fsp3) is 0.625. The smallest absolute Gasteiger partial charge is 0.0468 e. The molecule has 1 aromatic rings. The van der Waals surface area contributed by atoms with Crippen LogP contribution in [0.2, 0.25) is 10.0 Å². The van der Waals surface area contributed by atoms with E-state index in [-0.39, 0.29) is 0 Å². The molecule has 19 heavy (non-hydrogen) atoms. The molecule has 0 saturated heterocycles. The van der Waals surface area contributed by atoms with E-state index >= 15 is 0 Å². The highest BCUT2D eigenvalue weighted by atomic mass is 35.5. The number of nitrogens with one attached hydrogen (secondary N) is 1. The van der Waals surface area contributed by atoms with Gasteiger partial charge >= 0.3 is 0 Å². The van der Waals surface area contributed by atoms with Gasteiger partial charge in [0, 0.05) is 16.1 Å². The zero-order valence-electron chi connectivity index (χ0n) is 12.0. The molecule has 0 spiro atoms. The summed E-state index contributed by atoms with van der Waals surface area (Å²) in [5.74, 6) is 0. The van der Waals surface area contributed by atoms with Crippen molar-refractivity contribution in [1.82, 2.24) is 5.32 Å². The van der Waals surface area contributed by atoms with Crippen molar-refractivity contribution in [3.05, 3.63) is 33.8 Å². The summed E-state index contributed by atoms with van der Waals surface area (Å²) in [5, 5.41) is 4.99. The minimum atomic E-state index is 0.344. The average molecular weight is 302 g/mol. The maximum atomic E-state index is 6.30. The number of hydrogen-bond donors (Lipinski definition) is 1. The van der Waals surface area contributed by atoms with Crippen LogP contribution >= 0.6 is 23.2 Å². The van der Waals surface area contributed by atoms with E-state index in [0.29, 0.717) is 11.1 Å². The summed E-state index contributed by atoms with van der Waals surface area (Å²) < 4.78 is 0. The van der Waals surface area contributed by atoms with Crippen LogP contribution in [0.1, 0.15) is 64.0 Å². The second-order valence-corrected chi connectivity index (χ2v) is 5.82. The summed E-state index contributed by atoms with van der Waals surface area (Å²) >= 11 is 12.3. The van der Waals surface area contributed by atoms with Crippen molar-refractivity contribution in [1.29, 1.82) is 0 Å². The number of rotatable bonds is 9. The van der Waals surface area contributed by atoms with Crippen LogP contribution in [0, 0.1) is 0 Å². The van der Waals surface area contributed by atoms with E-state index in [1.807, 2.05) is 18.2 Å². The van der Waals surface area contributed by atoms with Crippen LogP contribution in [0.4, 0.5) is 0 Å². The monoisotopic (exact) mass is 301 g/mol. The first-order valence-corrected chi connectivity index (χ1v) is 8.13. The van der Waals surface area contributed by atoms with Gasteiger partial charge in [0.05, 0.1) is 0 Å². The van der Waals surface area contributed by atoms with E-state index in [1.54, 1.807) is 0 Å². The Hall–Kier alpha value is -0.240. The molecule has 0 amide bonds. The van der Waals surface area contributed by atoms with Crippen molar-refractivity contribution in [2.45, 2.75) is 58.4 Å². The van der Waals surface area contributed by atoms with Gasteiger partial charge in [-0.15, -0.1) is 0 Å². The highest BCUT2D eigenvalue weighted by Crippen LogP contribution is 2.29. The van der Waals surface area contributed by atoms with Crippen LogP contribution in [0.25, 0.3) is 0 Å². The van der Waals surface area contributed by atoms with Crippen molar-refractivity contribution < 1.29 is 0 Å². The van der Waals surface area contributed by atoms with E-state index in [1.165, 1.54) is 37.7 Å². The molecule has 108 valence electrons. The van der Waals surface area contributed by atoms with Gasteiger partial charge in [0.2, 0.25) is 0 Å². The summed E-state index contributed by atoms with van der Waals surface area (Å²) in [5.41, 5.74) is 1.17. The molecule has 1 nitrogen and oxygen atoms in total.